The summed E-state index contributed by atoms with van der Waals surface area (Å²) >= 11 is 1.75. The van der Waals surface area contributed by atoms with Crippen molar-refractivity contribution in [3.8, 4) is 11.5 Å². The number of carbonyl (C=O) groups is 1. The van der Waals surface area contributed by atoms with Crippen LogP contribution in [0.4, 0.5) is 5.69 Å². The smallest absolute Gasteiger partial charge is 0.225 e. The van der Waals surface area contributed by atoms with Gasteiger partial charge in [-0.1, -0.05) is 42.8 Å². The number of benzene rings is 2. The first kappa shape index (κ1) is 22.5. The zero-order chi connectivity index (χ0) is 20.2. The van der Waals surface area contributed by atoms with Gasteiger partial charge in [0.25, 0.3) is 0 Å². The van der Waals surface area contributed by atoms with Crippen LogP contribution >= 0.6 is 24.2 Å². The Morgan fingerprint density at radius 3 is 2.33 bits per heavy atom. The Bertz CT molecular complexity index is 870. The fourth-order valence-corrected chi connectivity index (χ4v) is 5.14. The molecule has 1 heterocycles. The third-order valence-electron chi connectivity index (χ3n) is 5.46. The van der Waals surface area contributed by atoms with Crippen molar-refractivity contribution in [3.63, 3.8) is 0 Å². The van der Waals surface area contributed by atoms with Crippen LogP contribution in [0.2, 0.25) is 0 Å². The number of hydrogen-bond acceptors (Lipinski definition) is 4. The van der Waals surface area contributed by atoms with E-state index in [2.05, 4.69) is 4.90 Å². The van der Waals surface area contributed by atoms with E-state index in [0.29, 0.717) is 6.04 Å². The van der Waals surface area contributed by atoms with Crippen LogP contribution < -0.4 is 9.64 Å². The highest BCUT2D eigenvalue weighted by molar-refractivity contribution is 8.14. The largest absolute Gasteiger partial charge is 0.457 e. The summed E-state index contributed by atoms with van der Waals surface area (Å²) < 4.78 is 5.87. The van der Waals surface area contributed by atoms with Crippen molar-refractivity contribution in [2.45, 2.75) is 44.8 Å². The minimum Gasteiger partial charge on any atom is -0.457 e. The highest BCUT2D eigenvalue weighted by Crippen LogP contribution is 2.32. The predicted octanol–water partition coefficient (Wildman–Crippen LogP) is 5.56. The molecule has 1 atom stereocenters. The SMILES string of the molecule is CC(=O)N(c1ccc(Oc2ccccc2)cc1)C1CSC(=NC2CCCC2)N1C.Cl. The van der Waals surface area contributed by atoms with Crippen molar-refractivity contribution < 1.29 is 9.53 Å². The molecule has 2 aromatic rings. The molecule has 0 spiro atoms. The molecule has 2 aromatic carbocycles. The number of rotatable bonds is 5. The van der Waals surface area contributed by atoms with Crippen LogP contribution in [-0.4, -0.2) is 41.0 Å². The Morgan fingerprint density at radius 1 is 1.07 bits per heavy atom. The average Bonchev–Trinajstić information content (AvgIpc) is 3.36. The maximum atomic E-state index is 12.5. The number of para-hydroxylation sites is 1. The molecule has 0 N–H and O–H groups in total. The second kappa shape index (κ2) is 10.2. The summed E-state index contributed by atoms with van der Waals surface area (Å²) in [6, 6.07) is 17.9. The third kappa shape index (κ3) is 5.10. The van der Waals surface area contributed by atoms with Crippen LogP contribution in [0, 0.1) is 0 Å². The summed E-state index contributed by atoms with van der Waals surface area (Å²) in [6.45, 7) is 1.62. The van der Waals surface area contributed by atoms with Crippen molar-refractivity contribution in [1.29, 1.82) is 0 Å². The molecule has 5 nitrogen and oxygen atoms in total. The number of ether oxygens (including phenoxy) is 1. The topological polar surface area (TPSA) is 45.1 Å². The van der Waals surface area contributed by atoms with E-state index in [1.807, 2.05) is 66.5 Å². The van der Waals surface area contributed by atoms with Crippen molar-refractivity contribution in [1.82, 2.24) is 4.90 Å². The minimum absolute atomic E-state index is 0. The van der Waals surface area contributed by atoms with Crippen LogP contribution in [0.25, 0.3) is 0 Å². The third-order valence-corrected chi connectivity index (χ3v) is 6.58. The lowest BCUT2D eigenvalue weighted by molar-refractivity contribution is -0.117. The van der Waals surface area contributed by atoms with Crippen LogP contribution in [0.15, 0.2) is 59.6 Å². The van der Waals surface area contributed by atoms with Gasteiger partial charge >= 0.3 is 0 Å². The van der Waals surface area contributed by atoms with Crippen LogP contribution in [0.3, 0.4) is 0 Å². The molecule has 2 aliphatic rings. The van der Waals surface area contributed by atoms with Gasteiger partial charge in [0.15, 0.2) is 5.17 Å². The first-order valence-corrected chi connectivity index (χ1v) is 11.2. The van der Waals surface area contributed by atoms with Gasteiger partial charge in [-0.05, 0) is 49.2 Å². The number of thioether (sulfide) groups is 1. The number of carbonyl (C=O) groups excluding carboxylic acids is 1. The molecule has 30 heavy (non-hydrogen) atoms. The maximum Gasteiger partial charge on any atom is 0.225 e. The molecule has 1 saturated carbocycles. The molecule has 0 radical (unpaired) electrons. The number of nitrogens with zero attached hydrogens (tertiary/aromatic N) is 3. The Hall–Kier alpha value is -2.18. The predicted molar refractivity (Wildman–Crippen MR) is 127 cm³/mol. The lowest BCUT2D eigenvalue weighted by Crippen LogP contribution is -2.48. The van der Waals surface area contributed by atoms with Gasteiger partial charge in [0.2, 0.25) is 5.91 Å². The van der Waals surface area contributed by atoms with Gasteiger partial charge in [-0.3, -0.25) is 14.7 Å². The molecule has 1 aliphatic carbocycles. The van der Waals surface area contributed by atoms with Gasteiger partial charge in [-0.2, -0.15) is 0 Å². The average molecular weight is 446 g/mol. The van der Waals surface area contributed by atoms with E-state index in [-0.39, 0.29) is 24.5 Å². The van der Waals surface area contributed by atoms with Crippen molar-refractivity contribution in [2.24, 2.45) is 4.99 Å². The number of hydrogen-bond donors (Lipinski definition) is 0. The molecule has 1 amide bonds. The van der Waals surface area contributed by atoms with Crippen molar-refractivity contribution >= 4 is 40.9 Å². The highest BCUT2D eigenvalue weighted by Gasteiger charge is 2.35. The first-order chi connectivity index (χ1) is 14.1. The molecule has 7 heteroatoms. The summed E-state index contributed by atoms with van der Waals surface area (Å²) in [5, 5.41) is 1.05. The molecule has 1 aliphatic heterocycles. The highest BCUT2D eigenvalue weighted by atomic mass is 35.5. The minimum atomic E-state index is -0.0291. The number of halogens is 1. The van der Waals surface area contributed by atoms with Gasteiger partial charge in [-0.15, -0.1) is 12.4 Å². The lowest BCUT2D eigenvalue weighted by atomic mass is 10.2. The van der Waals surface area contributed by atoms with Gasteiger partial charge in [0, 0.05) is 25.4 Å². The number of anilines is 1. The number of amides is 1. The maximum absolute atomic E-state index is 12.5. The molecule has 0 aromatic heterocycles. The normalized spacial score (nSPS) is 20.3. The van der Waals surface area contributed by atoms with E-state index in [1.54, 1.807) is 18.7 Å². The Morgan fingerprint density at radius 2 is 1.70 bits per heavy atom. The molecular formula is C23H28ClN3O2S. The summed E-state index contributed by atoms with van der Waals surface area (Å²) in [7, 11) is 2.04. The zero-order valence-electron chi connectivity index (χ0n) is 17.4. The van der Waals surface area contributed by atoms with Crippen LogP contribution in [-0.2, 0) is 4.79 Å². The second-order valence-electron chi connectivity index (χ2n) is 7.55. The molecule has 1 saturated heterocycles. The van der Waals surface area contributed by atoms with Gasteiger partial charge in [-0.25, -0.2) is 0 Å². The van der Waals surface area contributed by atoms with Crippen molar-refractivity contribution in [3.05, 3.63) is 54.6 Å². The fraction of sp³-hybridized carbons (Fsp3) is 0.391. The second-order valence-corrected chi connectivity index (χ2v) is 8.54. The molecule has 4 rings (SSSR count). The van der Waals surface area contributed by atoms with Crippen molar-refractivity contribution in [2.75, 3.05) is 17.7 Å². The molecular weight excluding hydrogens is 418 g/mol. The van der Waals surface area contributed by atoms with Gasteiger partial charge < -0.3 is 9.64 Å². The Labute approximate surface area is 188 Å². The Balaban J connectivity index is 0.00000256. The number of amidine groups is 1. The fourth-order valence-electron chi connectivity index (χ4n) is 3.92. The van der Waals surface area contributed by atoms with E-state index < -0.39 is 0 Å². The van der Waals surface area contributed by atoms with E-state index >= 15 is 0 Å². The standard InChI is InChI=1S/C23H27N3O2S.ClH/c1-17(27)26(22-16-29-23(25(22)2)24-18-8-6-7-9-18)19-12-14-21(15-13-19)28-20-10-4-3-5-11-20;/h3-5,10-15,18,22H,6-9,16H2,1-2H3;1H. The number of aliphatic imine (C=N–C) groups is 1. The van der Waals surface area contributed by atoms with E-state index in [4.69, 9.17) is 9.73 Å². The van der Waals surface area contributed by atoms with E-state index in [1.165, 1.54) is 25.7 Å². The summed E-state index contributed by atoms with van der Waals surface area (Å²) in [6.07, 6.45) is 4.88. The van der Waals surface area contributed by atoms with Crippen LogP contribution in [0.5, 0.6) is 11.5 Å². The van der Waals surface area contributed by atoms with Gasteiger partial charge in [0.05, 0.1) is 6.04 Å². The lowest BCUT2D eigenvalue weighted by Gasteiger charge is -2.33. The quantitative estimate of drug-likeness (QED) is 0.604. The van der Waals surface area contributed by atoms with E-state index in [9.17, 15) is 4.79 Å². The monoisotopic (exact) mass is 445 g/mol. The summed E-state index contributed by atoms with van der Waals surface area (Å²) in [4.78, 5) is 21.5. The van der Waals surface area contributed by atoms with Gasteiger partial charge in [0.1, 0.15) is 17.7 Å². The molecule has 160 valence electrons. The Kier molecular flexibility index (Phi) is 7.67. The summed E-state index contributed by atoms with van der Waals surface area (Å²) in [5.41, 5.74) is 0.873. The zero-order valence-corrected chi connectivity index (χ0v) is 19.0. The van der Waals surface area contributed by atoms with Crippen LogP contribution in [0.1, 0.15) is 32.6 Å². The van der Waals surface area contributed by atoms with E-state index in [0.717, 1.165) is 28.1 Å². The molecule has 2 fully saturated rings. The molecule has 1 unspecified atom stereocenters. The molecule has 0 bridgehead atoms. The summed E-state index contributed by atoms with van der Waals surface area (Å²) in [5.74, 6) is 2.40. The first-order valence-electron chi connectivity index (χ1n) is 10.2.